The van der Waals surface area contributed by atoms with Crippen molar-refractivity contribution >= 4 is 45.0 Å². The van der Waals surface area contributed by atoms with Crippen LogP contribution in [0.3, 0.4) is 0 Å². The third-order valence-electron chi connectivity index (χ3n) is 3.04. The van der Waals surface area contributed by atoms with E-state index < -0.39 is 0 Å². The van der Waals surface area contributed by atoms with Crippen molar-refractivity contribution in [1.82, 2.24) is 4.57 Å². The molecule has 1 nitrogen and oxygen atoms in total. The Hall–Kier alpha value is -1.18. The number of nitrogens with zero attached hydrogens (tertiary/aromatic N) is 1. The third-order valence-corrected chi connectivity index (χ3v) is 3.45. The predicted molar refractivity (Wildman–Crippen MR) is 75.2 cm³/mol. The van der Waals surface area contributed by atoms with Crippen molar-refractivity contribution in [2.24, 2.45) is 0 Å². The first kappa shape index (κ1) is 10.9. The summed E-state index contributed by atoms with van der Waals surface area (Å²) in [4.78, 5) is 0. The summed E-state index contributed by atoms with van der Waals surface area (Å²) in [7, 11) is 0. The summed E-state index contributed by atoms with van der Waals surface area (Å²) in [6.45, 7) is 0.813. The van der Waals surface area contributed by atoms with Crippen molar-refractivity contribution in [2.45, 2.75) is 6.54 Å². The average molecular weight is 264 g/mol. The molecule has 86 valence electrons. The maximum atomic E-state index is 6.07. The molecule has 1 heterocycles. The van der Waals surface area contributed by atoms with E-state index in [-0.39, 0.29) is 0 Å². The molecule has 0 bridgehead atoms. The molecular weight excluding hydrogens is 253 g/mol. The van der Waals surface area contributed by atoms with E-state index in [0.29, 0.717) is 5.88 Å². The van der Waals surface area contributed by atoms with Crippen LogP contribution in [-0.4, -0.2) is 10.4 Å². The number of benzene rings is 2. The van der Waals surface area contributed by atoms with Gasteiger partial charge in [0.25, 0.3) is 0 Å². The second-order valence-electron chi connectivity index (χ2n) is 4.02. The number of fused-ring (bicyclic) bond motifs is 3. The Morgan fingerprint density at radius 1 is 0.941 bits per heavy atom. The van der Waals surface area contributed by atoms with Gasteiger partial charge in [-0.25, -0.2) is 0 Å². The molecule has 0 N–H and O–H groups in total. The summed E-state index contributed by atoms with van der Waals surface area (Å²) in [6.07, 6.45) is 0. The van der Waals surface area contributed by atoms with Crippen molar-refractivity contribution in [3.05, 3.63) is 47.5 Å². The van der Waals surface area contributed by atoms with Crippen LogP contribution in [0.2, 0.25) is 5.02 Å². The zero-order chi connectivity index (χ0) is 11.8. The summed E-state index contributed by atoms with van der Waals surface area (Å²) in [5.41, 5.74) is 2.40. The summed E-state index contributed by atoms with van der Waals surface area (Å²) >= 11 is 11.9. The average Bonchev–Trinajstić information content (AvgIpc) is 2.65. The fourth-order valence-corrected chi connectivity index (χ4v) is 2.69. The topological polar surface area (TPSA) is 4.93 Å². The van der Waals surface area contributed by atoms with E-state index in [1.807, 2.05) is 24.3 Å². The molecule has 3 aromatic rings. The van der Waals surface area contributed by atoms with E-state index in [0.717, 1.165) is 11.6 Å². The molecule has 0 aliphatic rings. The minimum Gasteiger partial charge on any atom is -0.339 e. The zero-order valence-electron chi connectivity index (χ0n) is 9.16. The Morgan fingerprint density at radius 3 is 2.53 bits per heavy atom. The van der Waals surface area contributed by atoms with Gasteiger partial charge >= 0.3 is 0 Å². The number of hydrogen-bond acceptors (Lipinski definition) is 0. The first-order chi connectivity index (χ1) is 8.31. The molecule has 0 amide bonds. The highest BCUT2D eigenvalue weighted by molar-refractivity contribution is 6.31. The molecule has 1 aromatic heterocycles. The van der Waals surface area contributed by atoms with Gasteiger partial charge in [-0.05, 0) is 24.3 Å². The van der Waals surface area contributed by atoms with Crippen molar-refractivity contribution in [3.63, 3.8) is 0 Å². The van der Waals surface area contributed by atoms with E-state index in [1.54, 1.807) is 0 Å². The minimum atomic E-state index is 0.608. The SMILES string of the molecule is ClCCn1c2ccccc2c2cc(Cl)ccc21. The lowest BCUT2D eigenvalue weighted by Crippen LogP contribution is -1.97. The number of aromatic nitrogens is 1. The van der Waals surface area contributed by atoms with E-state index in [2.05, 4.69) is 22.8 Å². The van der Waals surface area contributed by atoms with E-state index in [4.69, 9.17) is 23.2 Å². The van der Waals surface area contributed by atoms with Gasteiger partial charge in [0.2, 0.25) is 0 Å². The largest absolute Gasteiger partial charge is 0.339 e. The summed E-state index contributed by atoms with van der Waals surface area (Å²) in [5, 5.41) is 3.19. The monoisotopic (exact) mass is 263 g/mol. The number of hydrogen-bond donors (Lipinski definition) is 0. The smallest absolute Gasteiger partial charge is 0.0492 e. The molecule has 0 radical (unpaired) electrons. The van der Waals surface area contributed by atoms with Crippen LogP contribution in [0.5, 0.6) is 0 Å². The molecule has 2 aromatic carbocycles. The molecule has 0 saturated carbocycles. The normalized spacial score (nSPS) is 11.4. The number of alkyl halides is 1. The number of halogens is 2. The molecule has 0 spiro atoms. The Labute approximate surface area is 110 Å². The molecule has 3 rings (SSSR count). The standard InChI is InChI=1S/C14H11Cl2N/c15-7-8-17-13-4-2-1-3-11(13)12-9-10(16)5-6-14(12)17/h1-6,9H,7-8H2. The molecule has 0 atom stereocenters. The van der Waals surface area contributed by atoms with Gasteiger partial charge in [0, 0.05) is 39.3 Å². The zero-order valence-corrected chi connectivity index (χ0v) is 10.7. The summed E-state index contributed by atoms with van der Waals surface area (Å²) in [5.74, 6) is 0.608. The molecule has 3 heteroatoms. The highest BCUT2D eigenvalue weighted by Crippen LogP contribution is 2.30. The lowest BCUT2D eigenvalue weighted by atomic mass is 10.2. The fourth-order valence-electron chi connectivity index (χ4n) is 2.35. The van der Waals surface area contributed by atoms with Crippen LogP contribution >= 0.6 is 23.2 Å². The van der Waals surface area contributed by atoms with Crippen LogP contribution in [0.1, 0.15) is 0 Å². The van der Waals surface area contributed by atoms with Crippen LogP contribution in [0, 0.1) is 0 Å². The Morgan fingerprint density at radius 2 is 1.71 bits per heavy atom. The molecule has 0 unspecified atom stereocenters. The molecule has 17 heavy (non-hydrogen) atoms. The number of para-hydroxylation sites is 1. The Kier molecular flexibility index (Phi) is 2.73. The molecule has 0 aliphatic carbocycles. The van der Waals surface area contributed by atoms with E-state index >= 15 is 0 Å². The number of rotatable bonds is 2. The molecule has 0 aliphatic heterocycles. The van der Waals surface area contributed by atoms with Crippen molar-refractivity contribution in [1.29, 1.82) is 0 Å². The Balaban J connectivity index is 2.48. The van der Waals surface area contributed by atoms with Crippen LogP contribution in [0.4, 0.5) is 0 Å². The van der Waals surface area contributed by atoms with Gasteiger partial charge in [0.05, 0.1) is 0 Å². The maximum absolute atomic E-state index is 6.07. The lowest BCUT2D eigenvalue weighted by molar-refractivity contribution is 0.834. The van der Waals surface area contributed by atoms with Crippen molar-refractivity contribution < 1.29 is 0 Å². The lowest BCUT2D eigenvalue weighted by Gasteiger charge is -2.03. The Bertz CT molecular complexity index is 685. The minimum absolute atomic E-state index is 0.608. The summed E-state index contributed by atoms with van der Waals surface area (Å²) < 4.78 is 2.24. The van der Waals surface area contributed by atoms with E-state index in [1.165, 1.54) is 21.8 Å². The predicted octanol–water partition coefficient (Wildman–Crippen LogP) is 4.69. The number of aryl methyl sites for hydroxylation is 1. The molecule has 0 fully saturated rings. The van der Waals surface area contributed by atoms with Gasteiger partial charge in [0.1, 0.15) is 0 Å². The highest BCUT2D eigenvalue weighted by Gasteiger charge is 2.09. The van der Waals surface area contributed by atoms with Crippen molar-refractivity contribution in [3.8, 4) is 0 Å². The van der Waals surface area contributed by atoms with Gasteiger partial charge in [-0.2, -0.15) is 0 Å². The van der Waals surface area contributed by atoms with Crippen molar-refractivity contribution in [2.75, 3.05) is 5.88 Å². The first-order valence-electron chi connectivity index (χ1n) is 5.54. The first-order valence-corrected chi connectivity index (χ1v) is 6.45. The van der Waals surface area contributed by atoms with Crippen LogP contribution in [0.25, 0.3) is 21.8 Å². The van der Waals surface area contributed by atoms with Gasteiger partial charge < -0.3 is 4.57 Å². The maximum Gasteiger partial charge on any atom is 0.0492 e. The second-order valence-corrected chi connectivity index (χ2v) is 4.83. The fraction of sp³-hybridized carbons (Fsp3) is 0.143. The molecular formula is C14H11Cl2N. The van der Waals surface area contributed by atoms with Crippen LogP contribution < -0.4 is 0 Å². The van der Waals surface area contributed by atoms with E-state index in [9.17, 15) is 0 Å². The van der Waals surface area contributed by atoms with Gasteiger partial charge in [-0.3, -0.25) is 0 Å². The van der Waals surface area contributed by atoms with Crippen LogP contribution in [-0.2, 0) is 6.54 Å². The van der Waals surface area contributed by atoms with Gasteiger partial charge in [-0.1, -0.05) is 29.8 Å². The third kappa shape index (κ3) is 1.70. The van der Waals surface area contributed by atoms with Crippen LogP contribution in [0.15, 0.2) is 42.5 Å². The quantitative estimate of drug-likeness (QED) is 0.592. The second kappa shape index (κ2) is 4.25. The van der Waals surface area contributed by atoms with Gasteiger partial charge in [-0.15, -0.1) is 11.6 Å². The highest BCUT2D eigenvalue weighted by atomic mass is 35.5. The van der Waals surface area contributed by atoms with Gasteiger partial charge in [0.15, 0.2) is 0 Å². The summed E-state index contributed by atoms with van der Waals surface area (Å²) in [6, 6.07) is 14.3. The molecule has 0 saturated heterocycles.